The van der Waals surface area contributed by atoms with Crippen LogP contribution in [0.25, 0.3) is 11.3 Å². The predicted octanol–water partition coefficient (Wildman–Crippen LogP) is 6.93. The first-order valence-corrected chi connectivity index (χ1v) is 13.0. The molecule has 0 radical (unpaired) electrons. The summed E-state index contributed by atoms with van der Waals surface area (Å²) in [6.45, 7) is 9.85. The minimum absolute atomic E-state index is 0.126. The summed E-state index contributed by atoms with van der Waals surface area (Å²) in [5.74, 6) is 1.19. The highest BCUT2D eigenvalue weighted by molar-refractivity contribution is 6.36. The van der Waals surface area contributed by atoms with Gasteiger partial charge in [0.2, 0.25) is 0 Å². The number of hydrogen-bond acceptors (Lipinski definition) is 4. The topological polar surface area (TPSA) is 68.2 Å². The zero-order chi connectivity index (χ0) is 26.6. The van der Waals surface area contributed by atoms with E-state index in [-0.39, 0.29) is 28.4 Å². The first kappa shape index (κ1) is 28.2. The first-order valence-electron chi connectivity index (χ1n) is 12.6. The monoisotopic (exact) mass is 528 g/mol. The van der Waals surface area contributed by atoms with E-state index in [0.29, 0.717) is 36.0 Å². The van der Waals surface area contributed by atoms with E-state index >= 15 is 0 Å². The average molecular weight is 529 g/mol. The van der Waals surface area contributed by atoms with Crippen LogP contribution in [0.2, 0.25) is 5.02 Å². The number of anilines is 1. The van der Waals surface area contributed by atoms with Gasteiger partial charge in [0.05, 0.1) is 16.8 Å². The molecule has 0 saturated heterocycles. The van der Waals surface area contributed by atoms with Crippen LogP contribution in [0.5, 0.6) is 5.75 Å². The molecule has 1 atom stereocenters. The maximum absolute atomic E-state index is 13.1. The molecular formula is C26H36ClF3N4O2. The molecule has 0 bridgehead atoms. The highest BCUT2D eigenvalue weighted by Crippen LogP contribution is 2.39. The third kappa shape index (κ3) is 6.87. The van der Waals surface area contributed by atoms with Crippen molar-refractivity contribution in [1.29, 1.82) is 0 Å². The van der Waals surface area contributed by atoms with Crippen LogP contribution >= 0.6 is 11.6 Å². The van der Waals surface area contributed by atoms with E-state index in [0.717, 1.165) is 25.7 Å². The fraction of sp³-hybridized carbons (Fsp3) is 0.615. The van der Waals surface area contributed by atoms with Crippen LogP contribution in [0, 0.1) is 11.8 Å². The van der Waals surface area contributed by atoms with Crippen LogP contribution in [0.15, 0.2) is 18.2 Å². The predicted molar refractivity (Wildman–Crippen MR) is 137 cm³/mol. The van der Waals surface area contributed by atoms with Crippen LogP contribution in [-0.4, -0.2) is 40.6 Å². The van der Waals surface area contributed by atoms with Gasteiger partial charge in [0.15, 0.2) is 5.69 Å². The molecule has 1 aromatic carbocycles. The summed E-state index contributed by atoms with van der Waals surface area (Å²) in [6.07, 6.45) is -0.112. The van der Waals surface area contributed by atoms with Crippen molar-refractivity contribution >= 4 is 23.2 Å². The third-order valence-electron chi connectivity index (χ3n) is 6.57. The van der Waals surface area contributed by atoms with Crippen molar-refractivity contribution in [2.75, 3.05) is 11.9 Å². The molecule has 1 fully saturated rings. The average Bonchev–Trinajstić information content (AvgIpc) is 3.14. The van der Waals surface area contributed by atoms with Gasteiger partial charge in [-0.3, -0.25) is 9.48 Å². The highest BCUT2D eigenvalue weighted by Gasteiger charge is 2.36. The van der Waals surface area contributed by atoms with E-state index in [9.17, 15) is 18.0 Å². The molecule has 200 valence electrons. The molecule has 1 heterocycles. The largest absolute Gasteiger partial charge is 0.490 e. The van der Waals surface area contributed by atoms with Crippen LogP contribution in [0.4, 0.5) is 18.9 Å². The molecule has 10 heteroatoms. The number of hydrogen-bond donors (Lipinski definition) is 2. The normalized spacial score (nSPS) is 19.3. The maximum Gasteiger partial charge on any atom is 0.408 e. The fourth-order valence-corrected chi connectivity index (χ4v) is 4.74. The van der Waals surface area contributed by atoms with E-state index in [1.54, 1.807) is 10.7 Å². The summed E-state index contributed by atoms with van der Waals surface area (Å²) in [5, 5.41) is 10.1. The van der Waals surface area contributed by atoms with Crippen LogP contribution < -0.4 is 15.4 Å². The van der Waals surface area contributed by atoms with E-state index in [2.05, 4.69) is 22.7 Å². The highest BCUT2D eigenvalue weighted by atomic mass is 35.5. The second kappa shape index (κ2) is 11.8. The van der Waals surface area contributed by atoms with E-state index in [1.807, 2.05) is 20.8 Å². The Bertz CT molecular complexity index is 1050. The second-order valence-electron chi connectivity index (χ2n) is 9.95. The number of amides is 1. The Balaban J connectivity index is 1.89. The van der Waals surface area contributed by atoms with Gasteiger partial charge in [0.1, 0.15) is 11.8 Å². The van der Waals surface area contributed by atoms with Crippen molar-refractivity contribution in [2.24, 2.45) is 11.8 Å². The van der Waals surface area contributed by atoms with Crippen molar-refractivity contribution in [3.63, 3.8) is 0 Å². The molecular weight excluding hydrogens is 493 g/mol. The zero-order valence-corrected chi connectivity index (χ0v) is 22.3. The van der Waals surface area contributed by atoms with Gasteiger partial charge in [-0.1, -0.05) is 31.4 Å². The van der Waals surface area contributed by atoms with Gasteiger partial charge < -0.3 is 15.4 Å². The molecule has 0 unspecified atom stereocenters. The lowest BCUT2D eigenvalue weighted by atomic mass is 9.83. The minimum Gasteiger partial charge on any atom is -0.490 e. The third-order valence-corrected chi connectivity index (χ3v) is 6.93. The molecule has 1 aliphatic rings. The number of halogens is 4. The Hall–Kier alpha value is -2.42. The fourth-order valence-electron chi connectivity index (χ4n) is 4.42. The summed E-state index contributed by atoms with van der Waals surface area (Å²) in [4.78, 5) is 13.0. The lowest BCUT2D eigenvalue weighted by Crippen LogP contribution is -2.33. The van der Waals surface area contributed by atoms with Gasteiger partial charge in [-0.25, -0.2) is 0 Å². The molecule has 2 aromatic rings. The lowest BCUT2D eigenvalue weighted by Gasteiger charge is -2.26. The van der Waals surface area contributed by atoms with Gasteiger partial charge in [-0.15, -0.1) is 0 Å². The molecule has 1 aliphatic carbocycles. The molecule has 3 rings (SSSR count). The molecule has 6 nitrogen and oxygen atoms in total. The number of aryl methyl sites for hydroxylation is 1. The minimum atomic E-state index is -4.39. The van der Waals surface area contributed by atoms with E-state index in [1.165, 1.54) is 25.0 Å². The van der Waals surface area contributed by atoms with Crippen LogP contribution in [-0.2, 0) is 6.54 Å². The van der Waals surface area contributed by atoms with Gasteiger partial charge in [0, 0.05) is 30.4 Å². The lowest BCUT2D eigenvalue weighted by molar-refractivity contribution is -0.138. The van der Waals surface area contributed by atoms with Gasteiger partial charge in [-0.05, 0) is 64.5 Å². The second-order valence-corrected chi connectivity index (χ2v) is 10.3. The number of nitrogens with one attached hydrogen (secondary N) is 2. The van der Waals surface area contributed by atoms with E-state index < -0.39 is 12.2 Å². The summed E-state index contributed by atoms with van der Waals surface area (Å²) >= 11 is 6.71. The molecule has 2 N–H and O–H groups in total. The Kier molecular flexibility index (Phi) is 9.19. The number of ether oxygens (including phenoxy) is 1. The zero-order valence-electron chi connectivity index (χ0n) is 21.5. The van der Waals surface area contributed by atoms with Gasteiger partial charge >= 0.3 is 6.18 Å². The number of benzene rings is 1. The Morgan fingerprint density at radius 2 is 1.89 bits per heavy atom. The van der Waals surface area contributed by atoms with Crippen molar-refractivity contribution in [3.8, 4) is 17.0 Å². The summed E-state index contributed by atoms with van der Waals surface area (Å²) < 4.78 is 46.7. The Morgan fingerprint density at radius 1 is 1.22 bits per heavy atom. The van der Waals surface area contributed by atoms with Gasteiger partial charge in [-0.2, -0.15) is 18.3 Å². The van der Waals surface area contributed by atoms with Crippen molar-refractivity contribution in [1.82, 2.24) is 15.1 Å². The first-order chi connectivity index (χ1) is 16.9. The maximum atomic E-state index is 13.1. The van der Waals surface area contributed by atoms with Crippen molar-refractivity contribution in [2.45, 2.75) is 85.2 Å². The number of carbonyl (C=O) groups is 1. The Morgan fingerprint density at radius 3 is 2.47 bits per heavy atom. The molecule has 36 heavy (non-hydrogen) atoms. The van der Waals surface area contributed by atoms with Crippen LogP contribution in [0.3, 0.4) is 0 Å². The number of aromatic nitrogens is 2. The Labute approximate surface area is 215 Å². The number of alkyl halides is 3. The number of nitrogens with zero attached hydrogens (tertiary/aromatic N) is 2. The molecule has 0 spiro atoms. The summed E-state index contributed by atoms with van der Waals surface area (Å²) in [7, 11) is 0. The SMILES string of the molecule is CCn1nc(C(=O)NCC2CCC(C)CC2)c(Cl)c1-c1ccc(N[C@H](C)C(F)(F)F)cc1OC(C)C. The summed E-state index contributed by atoms with van der Waals surface area (Å²) in [5.41, 5.74) is 1.43. The standard InChI is InChI=1S/C26H36ClF3N4O2/c1-6-34-24(22(27)23(33-34)25(35)31-14-18-9-7-16(4)8-10-18)20-12-11-19(13-21(20)36-15(2)3)32-17(5)26(28,29)30/h11-13,15-18,32H,6-10,14H2,1-5H3,(H,31,35)/t16?,17-,18?/m1/s1. The van der Waals surface area contributed by atoms with Crippen molar-refractivity contribution in [3.05, 3.63) is 28.9 Å². The van der Waals surface area contributed by atoms with E-state index in [4.69, 9.17) is 16.3 Å². The van der Waals surface area contributed by atoms with Gasteiger partial charge in [0.25, 0.3) is 5.91 Å². The molecule has 1 saturated carbocycles. The van der Waals surface area contributed by atoms with Crippen LogP contribution in [0.1, 0.15) is 70.8 Å². The molecule has 1 aromatic heterocycles. The number of carbonyl (C=O) groups excluding carboxylic acids is 1. The van der Waals surface area contributed by atoms with Crippen molar-refractivity contribution < 1.29 is 22.7 Å². The molecule has 1 amide bonds. The quantitative estimate of drug-likeness (QED) is 0.370. The number of rotatable bonds is 9. The molecule has 0 aliphatic heterocycles. The summed E-state index contributed by atoms with van der Waals surface area (Å²) in [6, 6.07) is 2.97. The smallest absolute Gasteiger partial charge is 0.408 e.